The van der Waals surface area contributed by atoms with Crippen LogP contribution in [0.25, 0.3) is 0 Å². The molecule has 2 rings (SSSR count). The van der Waals surface area contributed by atoms with Crippen molar-refractivity contribution in [3.8, 4) is 5.75 Å². The highest BCUT2D eigenvalue weighted by Gasteiger charge is 2.20. The molecule has 0 saturated carbocycles. The molecule has 0 aliphatic rings. The van der Waals surface area contributed by atoms with Crippen LogP contribution < -0.4 is 10.1 Å². The molecule has 1 unspecified atom stereocenters. The molecule has 1 N–H and O–H groups in total. The SMILES string of the molecule is CCN(CC(=O)Nc1cccc([N+](=O)[O-])c1C)C(C)c1cccc(OC)c1. The van der Waals surface area contributed by atoms with Gasteiger partial charge >= 0.3 is 0 Å². The van der Waals surface area contributed by atoms with Gasteiger partial charge in [-0.2, -0.15) is 0 Å². The maximum absolute atomic E-state index is 12.5. The zero-order valence-electron chi connectivity index (χ0n) is 16.1. The molecular formula is C20H25N3O4. The Morgan fingerprint density at radius 2 is 2.00 bits per heavy atom. The minimum Gasteiger partial charge on any atom is -0.497 e. The van der Waals surface area contributed by atoms with Crippen LogP contribution in [0.1, 0.15) is 31.0 Å². The average Bonchev–Trinajstić information content (AvgIpc) is 2.67. The van der Waals surface area contributed by atoms with Gasteiger partial charge in [0.15, 0.2) is 0 Å². The molecule has 7 nitrogen and oxygen atoms in total. The van der Waals surface area contributed by atoms with E-state index in [0.29, 0.717) is 17.8 Å². The van der Waals surface area contributed by atoms with Gasteiger partial charge in [0, 0.05) is 12.1 Å². The predicted octanol–water partition coefficient (Wildman–Crippen LogP) is 3.93. The highest BCUT2D eigenvalue weighted by molar-refractivity contribution is 5.93. The summed E-state index contributed by atoms with van der Waals surface area (Å²) in [7, 11) is 1.62. The Hall–Kier alpha value is -2.93. The van der Waals surface area contributed by atoms with Gasteiger partial charge in [-0.15, -0.1) is 0 Å². The van der Waals surface area contributed by atoms with Gasteiger partial charge in [-0.25, -0.2) is 0 Å². The van der Waals surface area contributed by atoms with Crippen LogP contribution in [0.4, 0.5) is 11.4 Å². The first-order chi connectivity index (χ1) is 12.9. The van der Waals surface area contributed by atoms with E-state index < -0.39 is 4.92 Å². The molecule has 2 aromatic carbocycles. The number of ether oxygens (including phenoxy) is 1. The Kier molecular flexibility index (Phi) is 6.90. The zero-order valence-corrected chi connectivity index (χ0v) is 16.1. The molecule has 1 atom stereocenters. The molecule has 27 heavy (non-hydrogen) atoms. The van der Waals surface area contributed by atoms with Crippen molar-refractivity contribution >= 4 is 17.3 Å². The Morgan fingerprint density at radius 1 is 1.30 bits per heavy atom. The number of carbonyl (C=O) groups excluding carboxylic acids is 1. The van der Waals surface area contributed by atoms with Gasteiger partial charge in [0.1, 0.15) is 5.75 Å². The molecule has 0 aromatic heterocycles. The molecule has 1 amide bonds. The molecule has 0 saturated heterocycles. The standard InChI is InChI=1S/C20H25N3O4/c1-5-22(15(3)16-8-6-9-17(12-16)27-4)13-20(24)21-18-10-7-11-19(14(18)2)23(25)26/h6-12,15H,5,13H2,1-4H3,(H,21,24). The quantitative estimate of drug-likeness (QED) is 0.561. The lowest BCUT2D eigenvalue weighted by atomic mass is 10.1. The lowest BCUT2D eigenvalue weighted by Crippen LogP contribution is -2.35. The van der Waals surface area contributed by atoms with Crippen molar-refractivity contribution in [3.05, 3.63) is 63.7 Å². The highest BCUT2D eigenvalue weighted by atomic mass is 16.6. The van der Waals surface area contributed by atoms with Gasteiger partial charge in [0.25, 0.3) is 5.69 Å². The van der Waals surface area contributed by atoms with Crippen molar-refractivity contribution < 1.29 is 14.5 Å². The summed E-state index contributed by atoms with van der Waals surface area (Å²) >= 11 is 0. The van der Waals surface area contributed by atoms with E-state index in [1.54, 1.807) is 26.2 Å². The van der Waals surface area contributed by atoms with E-state index in [2.05, 4.69) is 5.32 Å². The van der Waals surface area contributed by atoms with E-state index >= 15 is 0 Å². The van der Waals surface area contributed by atoms with Crippen LogP contribution in [-0.4, -0.2) is 35.9 Å². The van der Waals surface area contributed by atoms with Crippen LogP contribution in [0.3, 0.4) is 0 Å². The van der Waals surface area contributed by atoms with E-state index in [4.69, 9.17) is 4.74 Å². The van der Waals surface area contributed by atoms with Crippen LogP contribution in [-0.2, 0) is 4.79 Å². The first-order valence-corrected chi connectivity index (χ1v) is 8.79. The van der Waals surface area contributed by atoms with Gasteiger partial charge in [-0.1, -0.05) is 25.1 Å². The maximum Gasteiger partial charge on any atom is 0.274 e. The Balaban J connectivity index is 2.11. The number of likely N-dealkylation sites (N-methyl/N-ethyl adjacent to an activating group) is 1. The number of anilines is 1. The number of amides is 1. The number of hydrogen-bond acceptors (Lipinski definition) is 5. The van der Waals surface area contributed by atoms with Crippen LogP contribution in [0.2, 0.25) is 0 Å². The molecule has 0 bridgehead atoms. The molecule has 0 aliphatic heterocycles. The summed E-state index contributed by atoms with van der Waals surface area (Å²) in [4.78, 5) is 25.2. The number of rotatable bonds is 8. The van der Waals surface area contributed by atoms with E-state index in [0.717, 1.165) is 11.3 Å². The third-order valence-electron chi connectivity index (χ3n) is 4.65. The summed E-state index contributed by atoms with van der Waals surface area (Å²) in [6.07, 6.45) is 0. The Morgan fingerprint density at radius 3 is 2.63 bits per heavy atom. The molecule has 0 spiro atoms. The smallest absolute Gasteiger partial charge is 0.274 e. The average molecular weight is 371 g/mol. The summed E-state index contributed by atoms with van der Waals surface area (Å²) in [5.41, 5.74) is 1.94. The Labute approximate surface area is 159 Å². The monoisotopic (exact) mass is 371 g/mol. The fourth-order valence-corrected chi connectivity index (χ4v) is 2.97. The molecule has 7 heteroatoms. The van der Waals surface area contributed by atoms with E-state index in [-0.39, 0.29) is 24.2 Å². The zero-order chi connectivity index (χ0) is 20.0. The number of nitro groups is 1. The Bertz CT molecular complexity index is 823. The van der Waals surface area contributed by atoms with Crippen molar-refractivity contribution in [2.75, 3.05) is 25.5 Å². The van der Waals surface area contributed by atoms with Crippen molar-refractivity contribution in [3.63, 3.8) is 0 Å². The number of nitrogens with one attached hydrogen (secondary N) is 1. The second-order valence-electron chi connectivity index (χ2n) is 6.27. The minimum atomic E-state index is -0.450. The first kappa shape index (κ1) is 20.4. The lowest BCUT2D eigenvalue weighted by molar-refractivity contribution is -0.385. The second-order valence-corrected chi connectivity index (χ2v) is 6.27. The number of carbonyl (C=O) groups is 1. The summed E-state index contributed by atoms with van der Waals surface area (Å²) in [5.74, 6) is 0.558. The number of nitrogens with zero attached hydrogens (tertiary/aromatic N) is 2. The number of nitro benzene ring substituents is 1. The van der Waals surface area contributed by atoms with Crippen molar-refractivity contribution in [1.29, 1.82) is 0 Å². The molecular weight excluding hydrogens is 346 g/mol. The highest BCUT2D eigenvalue weighted by Crippen LogP contribution is 2.26. The number of methoxy groups -OCH3 is 1. The normalized spacial score (nSPS) is 11.9. The van der Waals surface area contributed by atoms with Crippen LogP contribution >= 0.6 is 0 Å². The topological polar surface area (TPSA) is 84.7 Å². The maximum atomic E-state index is 12.5. The predicted molar refractivity (Wildman–Crippen MR) is 105 cm³/mol. The van der Waals surface area contributed by atoms with Gasteiger partial charge in [0.2, 0.25) is 5.91 Å². The van der Waals surface area contributed by atoms with Crippen molar-refractivity contribution in [1.82, 2.24) is 4.90 Å². The largest absolute Gasteiger partial charge is 0.497 e. The molecule has 144 valence electrons. The van der Waals surface area contributed by atoms with Crippen LogP contribution in [0.5, 0.6) is 5.75 Å². The molecule has 0 aliphatic carbocycles. The second kappa shape index (κ2) is 9.14. The summed E-state index contributed by atoms with van der Waals surface area (Å²) in [6.45, 7) is 6.51. The number of benzene rings is 2. The van der Waals surface area contributed by atoms with E-state index in [1.807, 2.05) is 43.0 Å². The van der Waals surface area contributed by atoms with Crippen LogP contribution in [0, 0.1) is 17.0 Å². The van der Waals surface area contributed by atoms with Gasteiger partial charge in [-0.3, -0.25) is 19.8 Å². The van der Waals surface area contributed by atoms with Crippen LogP contribution in [0.15, 0.2) is 42.5 Å². The molecule has 0 heterocycles. The third kappa shape index (κ3) is 5.04. The molecule has 0 radical (unpaired) electrons. The van der Waals surface area contributed by atoms with E-state index in [9.17, 15) is 14.9 Å². The molecule has 2 aromatic rings. The summed E-state index contributed by atoms with van der Waals surface area (Å²) in [6, 6.07) is 12.4. The first-order valence-electron chi connectivity index (χ1n) is 8.79. The minimum absolute atomic E-state index is 0.00936. The van der Waals surface area contributed by atoms with E-state index in [1.165, 1.54) is 6.07 Å². The summed E-state index contributed by atoms with van der Waals surface area (Å²) < 4.78 is 5.27. The van der Waals surface area contributed by atoms with Gasteiger partial charge in [-0.05, 0) is 44.2 Å². The fraction of sp³-hybridized carbons (Fsp3) is 0.350. The van der Waals surface area contributed by atoms with Crippen molar-refractivity contribution in [2.24, 2.45) is 0 Å². The van der Waals surface area contributed by atoms with Gasteiger partial charge in [0.05, 0.1) is 29.8 Å². The summed E-state index contributed by atoms with van der Waals surface area (Å²) in [5, 5.41) is 13.8. The number of hydrogen-bond donors (Lipinski definition) is 1. The van der Waals surface area contributed by atoms with Crippen molar-refractivity contribution in [2.45, 2.75) is 26.8 Å². The lowest BCUT2D eigenvalue weighted by Gasteiger charge is -2.28. The van der Waals surface area contributed by atoms with Gasteiger partial charge < -0.3 is 10.1 Å². The molecule has 0 fully saturated rings. The third-order valence-corrected chi connectivity index (χ3v) is 4.65. The fourth-order valence-electron chi connectivity index (χ4n) is 2.97.